The molecule has 2 aliphatic rings. The zero-order valence-corrected chi connectivity index (χ0v) is 9.92. The fourth-order valence-electron chi connectivity index (χ4n) is 0.725. The second-order valence-electron chi connectivity index (χ2n) is 2.15. The highest BCUT2D eigenvalue weighted by Gasteiger charge is 2.64. The number of hydrogen-bond acceptors (Lipinski definition) is 8. The molecule has 14 heteroatoms. The molecule has 2 atom stereocenters. The van der Waals surface area contributed by atoms with Gasteiger partial charge in [-0.2, -0.15) is 8.62 Å². The van der Waals surface area contributed by atoms with Crippen LogP contribution in [0.3, 0.4) is 0 Å². The van der Waals surface area contributed by atoms with Gasteiger partial charge < -0.3 is 20.5 Å². The Balaban J connectivity index is 2.36. The van der Waals surface area contributed by atoms with Gasteiger partial charge in [-0.05, 0) is 0 Å². The van der Waals surface area contributed by atoms with E-state index in [1.165, 1.54) is 0 Å². The van der Waals surface area contributed by atoms with E-state index in [9.17, 15) is 13.7 Å². The highest BCUT2D eigenvalue weighted by Crippen LogP contribution is 2.77. The van der Waals surface area contributed by atoms with Gasteiger partial charge in [-0.25, -0.2) is 13.7 Å². The molecule has 0 aromatic heterocycles. The maximum absolute atomic E-state index is 11.2. The third-order valence-electron chi connectivity index (χ3n) is 1.06. The van der Waals surface area contributed by atoms with Gasteiger partial charge in [0.2, 0.25) is 0 Å². The van der Waals surface area contributed by atoms with Crippen LogP contribution in [0.5, 0.6) is 0 Å². The Bertz CT molecular complexity index is 361. The molecule has 2 unspecified atom stereocenters. The Morgan fingerprint density at radius 3 is 1.64 bits per heavy atom. The quantitative estimate of drug-likeness (QED) is 0.473. The fourth-order valence-corrected chi connectivity index (χ4v) is 9.22. The van der Waals surface area contributed by atoms with Crippen LogP contribution < -0.4 is 0 Å². The molecule has 2 rings (SSSR count). The van der Waals surface area contributed by atoms with Crippen molar-refractivity contribution in [2.24, 2.45) is 0 Å². The van der Waals surface area contributed by atoms with E-state index in [2.05, 4.69) is 19.3 Å². The van der Waals surface area contributed by atoms with E-state index >= 15 is 0 Å². The Labute approximate surface area is 81.9 Å². The Morgan fingerprint density at radius 2 is 1.29 bits per heavy atom. The van der Waals surface area contributed by atoms with Crippen molar-refractivity contribution in [3.8, 4) is 0 Å². The van der Waals surface area contributed by atoms with E-state index in [-0.39, 0.29) is 0 Å². The topological polar surface area (TPSA) is 138 Å². The molecular formula is H2AlO10P3. The van der Waals surface area contributed by atoms with Crippen LogP contribution in [-0.2, 0) is 33.0 Å². The average Bonchev–Trinajstić information content (AvgIpc) is 1.71. The number of fused-ring (bicyclic) bond motifs is 2. The lowest BCUT2D eigenvalue weighted by molar-refractivity contribution is 0.115. The molecule has 2 heterocycles. The van der Waals surface area contributed by atoms with E-state index in [1.807, 2.05) is 0 Å². The van der Waals surface area contributed by atoms with Gasteiger partial charge in [0.15, 0.2) is 0 Å². The summed E-state index contributed by atoms with van der Waals surface area (Å²) >= 11 is -3.43. The van der Waals surface area contributed by atoms with Gasteiger partial charge in [-0.15, -0.1) is 0 Å². The molecule has 2 fully saturated rings. The van der Waals surface area contributed by atoms with E-state index in [0.717, 1.165) is 0 Å². The molecular weight excluding hydrogens is 280 g/mol. The minimum atomic E-state index is -4.59. The van der Waals surface area contributed by atoms with E-state index in [0.29, 0.717) is 0 Å². The highest BCUT2D eigenvalue weighted by atomic mass is 31.3. The third kappa shape index (κ3) is 2.36. The van der Waals surface area contributed by atoms with Crippen LogP contribution in [0.15, 0.2) is 0 Å². The summed E-state index contributed by atoms with van der Waals surface area (Å²) in [7, 11) is -13.7. The van der Waals surface area contributed by atoms with Gasteiger partial charge in [0.25, 0.3) is 0 Å². The molecule has 14 heavy (non-hydrogen) atoms. The molecule has 2 saturated heterocycles. The summed E-state index contributed by atoms with van der Waals surface area (Å²) in [5.74, 6) is 0. The number of rotatable bonds is 0. The van der Waals surface area contributed by atoms with Crippen molar-refractivity contribution in [3.63, 3.8) is 0 Å². The van der Waals surface area contributed by atoms with Crippen molar-refractivity contribution in [1.29, 1.82) is 0 Å². The summed E-state index contributed by atoms with van der Waals surface area (Å²) in [6.45, 7) is 0. The Morgan fingerprint density at radius 1 is 0.857 bits per heavy atom. The molecule has 0 spiro atoms. The van der Waals surface area contributed by atoms with Crippen molar-refractivity contribution in [1.82, 2.24) is 0 Å². The van der Waals surface area contributed by atoms with E-state index in [1.54, 1.807) is 0 Å². The van der Waals surface area contributed by atoms with Crippen molar-refractivity contribution >= 4 is 38.6 Å². The van der Waals surface area contributed by atoms with Gasteiger partial charge in [-0.1, -0.05) is 0 Å². The van der Waals surface area contributed by atoms with Crippen molar-refractivity contribution in [2.75, 3.05) is 0 Å². The molecule has 0 aromatic carbocycles. The first-order valence-electron chi connectivity index (χ1n) is 2.93. The third-order valence-corrected chi connectivity index (χ3v) is 9.54. The summed E-state index contributed by atoms with van der Waals surface area (Å²) in [4.78, 5) is 17.6. The van der Waals surface area contributed by atoms with E-state index < -0.39 is 38.6 Å². The van der Waals surface area contributed by atoms with Crippen LogP contribution in [0, 0.1) is 0 Å². The highest BCUT2D eigenvalue weighted by molar-refractivity contribution is 7.71. The van der Waals surface area contributed by atoms with Crippen LogP contribution in [-0.4, -0.2) is 24.9 Å². The standard InChI is InChI=1S/Al.H5O10P3/c;1-11(2,3)9-13(7,8)10-12(4,5)6/h;(H,7,8)(H2,1,2,3)(H2,4,5,6)/q+3;/p-3. The lowest BCUT2D eigenvalue weighted by Gasteiger charge is -2.33. The van der Waals surface area contributed by atoms with Crippen molar-refractivity contribution in [3.05, 3.63) is 0 Å². The van der Waals surface area contributed by atoms with Crippen LogP contribution >= 0.6 is 23.5 Å². The summed E-state index contributed by atoms with van der Waals surface area (Å²) < 4.78 is 53.3. The lowest BCUT2D eigenvalue weighted by Crippen LogP contribution is -2.32. The minimum Gasteiger partial charge on any atom is -0.362 e. The largest absolute Gasteiger partial charge is 0.931 e. The predicted octanol–water partition coefficient (Wildman–Crippen LogP) is 0.390. The first-order chi connectivity index (χ1) is 6.20. The zero-order valence-electron chi connectivity index (χ0n) is 6.08. The molecule has 0 saturated carbocycles. The molecule has 0 aliphatic carbocycles. The van der Waals surface area contributed by atoms with Gasteiger partial charge >= 0.3 is 38.6 Å². The molecule has 0 amide bonds. The van der Waals surface area contributed by atoms with Crippen LogP contribution in [0.2, 0.25) is 0 Å². The monoisotopic (exact) mass is 282 g/mol. The second kappa shape index (κ2) is 3.22. The molecule has 2 bridgehead atoms. The first kappa shape index (κ1) is 11.4. The van der Waals surface area contributed by atoms with Crippen molar-refractivity contribution < 1.29 is 42.8 Å². The summed E-state index contributed by atoms with van der Waals surface area (Å²) in [6, 6.07) is 0. The van der Waals surface area contributed by atoms with E-state index in [4.69, 9.17) is 9.79 Å². The molecule has 80 valence electrons. The van der Waals surface area contributed by atoms with Crippen LogP contribution in [0.1, 0.15) is 0 Å². The minimum absolute atomic E-state index is 3.43. The molecule has 0 radical (unpaired) electrons. The summed E-state index contributed by atoms with van der Waals surface area (Å²) in [5.41, 5.74) is 0. The Kier molecular flexibility index (Phi) is 2.63. The summed E-state index contributed by atoms with van der Waals surface area (Å²) in [6.07, 6.45) is 0. The average molecular weight is 282 g/mol. The lowest BCUT2D eigenvalue weighted by atomic mass is 15.6. The molecule has 2 aliphatic heterocycles. The second-order valence-corrected chi connectivity index (χ2v) is 9.33. The Hall–Kier alpha value is 0.942. The van der Waals surface area contributed by atoms with Crippen LogP contribution in [0.4, 0.5) is 0 Å². The number of phosphoric acid groups is 3. The normalized spacial score (nSPS) is 53.1. The van der Waals surface area contributed by atoms with Crippen molar-refractivity contribution in [2.45, 2.75) is 0 Å². The maximum atomic E-state index is 11.2. The smallest absolute Gasteiger partial charge is 0.362 e. The van der Waals surface area contributed by atoms with Gasteiger partial charge in [-0.3, -0.25) is 0 Å². The van der Waals surface area contributed by atoms with Crippen LogP contribution in [0.25, 0.3) is 0 Å². The SMILES string of the molecule is O=P1(O)[O][Al]2[O]P(=O)(O)OP(=O)([O]2)O1. The summed E-state index contributed by atoms with van der Waals surface area (Å²) in [5, 5.41) is 0. The molecule has 2 N–H and O–H groups in total. The molecule has 10 nitrogen and oxygen atoms in total. The number of hydrogen-bond donors (Lipinski definition) is 2. The molecule has 0 aromatic rings. The maximum Gasteiger partial charge on any atom is 0.931 e. The van der Waals surface area contributed by atoms with Gasteiger partial charge in [0.1, 0.15) is 0 Å². The van der Waals surface area contributed by atoms with Gasteiger partial charge in [0, 0.05) is 0 Å². The van der Waals surface area contributed by atoms with Gasteiger partial charge in [0.05, 0.1) is 0 Å². The zero-order chi connectivity index (χ0) is 10.6. The first-order valence-corrected chi connectivity index (χ1v) is 8.80. The fraction of sp³-hybridized carbons (Fsp3) is 0. The predicted molar refractivity (Wildman–Crippen MR) is 38.4 cm³/mol.